The molecule has 0 bridgehead atoms. The molecule has 168 valence electrons. The fourth-order valence-corrected chi connectivity index (χ4v) is 4.85. The molecule has 0 spiro atoms. The third-order valence-electron chi connectivity index (χ3n) is 6.52. The Kier molecular flexibility index (Phi) is 6.44. The highest BCUT2D eigenvalue weighted by atomic mass is 16.5. The quantitative estimate of drug-likeness (QED) is 0.614. The molecule has 7 heteroatoms. The van der Waals surface area contributed by atoms with Gasteiger partial charge in [0.2, 0.25) is 5.91 Å². The SMILES string of the molecule is CC[C@H](NC(=O)OCC1c2ccccc2-c2ccccc21)C(=O)N[C@@H]1CCC[C@@H]1C(=O)O. The molecule has 2 aliphatic rings. The second-order valence-electron chi connectivity index (χ2n) is 8.42. The normalized spacial score (nSPS) is 20.2. The van der Waals surface area contributed by atoms with Crippen LogP contribution < -0.4 is 10.6 Å². The molecule has 1 fully saturated rings. The molecular weight excluding hydrogens is 408 g/mol. The van der Waals surface area contributed by atoms with Crippen LogP contribution >= 0.6 is 0 Å². The van der Waals surface area contributed by atoms with Gasteiger partial charge in [-0.1, -0.05) is 61.9 Å². The Morgan fingerprint density at radius 2 is 1.66 bits per heavy atom. The molecule has 2 aromatic carbocycles. The zero-order valence-electron chi connectivity index (χ0n) is 18.0. The molecule has 1 saturated carbocycles. The number of carboxylic acid groups (broad SMARTS) is 1. The van der Waals surface area contributed by atoms with E-state index in [0.29, 0.717) is 19.3 Å². The number of aliphatic carboxylic acids is 1. The van der Waals surface area contributed by atoms with Crippen molar-refractivity contribution in [1.82, 2.24) is 10.6 Å². The number of carbonyl (C=O) groups excluding carboxylic acids is 2. The van der Waals surface area contributed by atoms with Crippen LogP contribution in [0.4, 0.5) is 4.79 Å². The zero-order valence-corrected chi connectivity index (χ0v) is 18.0. The van der Waals surface area contributed by atoms with Gasteiger partial charge in [-0.15, -0.1) is 0 Å². The van der Waals surface area contributed by atoms with Crippen LogP contribution in [0.2, 0.25) is 0 Å². The van der Waals surface area contributed by atoms with Gasteiger partial charge in [-0.2, -0.15) is 0 Å². The Morgan fingerprint density at radius 1 is 1.03 bits per heavy atom. The van der Waals surface area contributed by atoms with Crippen molar-refractivity contribution in [3.63, 3.8) is 0 Å². The minimum atomic E-state index is -0.898. The van der Waals surface area contributed by atoms with E-state index >= 15 is 0 Å². The third kappa shape index (κ3) is 4.33. The van der Waals surface area contributed by atoms with E-state index in [1.807, 2.05) is 36.4 Å². The molecule has 32 heavy (non-hydrogen) atoms. The first-order valence-electron chi connectivity index (χ1n) is 11.1. The molecule has 3 N–H and O–H groups in total. The number of carboxylic acids is 1. The number of alkyl carbamates (subject to hydrolysis) is 1. The van der Waals surface area contributed by atoms with Crippen molar-refractivity contribution < 1.29 is 24.2 Å². The summed E-state index contributed by atoms with van der Waals surface area (Å²) in [7, 11) is 0. The van der Waals surface area contributed by atoms with Gasteiger partial charge in [-0.3, -0.25) is 9.59 Å². The molecule has 7 nitrogen and oxygen atoms in total. The molecule has 3 atom stereocenters. The fourth-order valence-electron chi connectivity index (χ4n) is 4.85. The summed E-state index contributed by atoms with van der Waals surface area (Å²) >= 11 is 0. The maximum Gasteiger partial charge on any atom is 0.407 e. The number of benzene rings is 2. The summed E-state index contributed by atoms with van der Waals surface area (Å²) < 4.78 is 5.53. The predicted molar refractivity (Wildman–Crippen MR) is 119 cm³/mol. The van der Waals surface area contributed by atoms with Gasteiger partial charge in [0.25, 0.3) is 0 Å². The van der Waals surface area contributed by atoms with E-state index in [1.165, 1.54) is 0 Å². The van der Waals surface area contributed by atoms with Gasteiger partial charge < -0.3 is 20.5 Å². The number of fused-ring (bicyclic) bond motifs is 3. The maximum atomic E-state index is 12.6. The van der Waals surface area contributed by atoms with Gasteiger partial charge in [0, 0.05) is 12.0 Å². The third-order valence-corrected chi connectivity index (χ3v) is 6.52. The molecule has 2 aromatic rings. The van der Waals surface area contributed by atoms with Crippen molar-refractivity contribution in [3.05, 3.63) is 59.7 Å². The lowest BCUT2D eigenvalue weighted by Crippen LogP contribution is -2.51. The number of amides is 2. The molecule has 0 aliphatic heterocycles. The Hall–Kier alpha value is -3.35. The fraction of sp³-hybridized carbons (Fsp3) is 0.400. The Balaban J connectivity index is 1.36. The van der Waals surface area contributed by atoms with Gasteiger partial charge in [-0.25, -0.2) is 4.79 Å². The molecule has 0 aromatic heterocycles. The number of carbonyl (C=O) groups is 3. The van der Waals surface area contributed by atoms with Gasteiger partial charge in [-0.05, 0) is 41.5 Å². The van der Waals surface area contributed by atoms with Crippen LogP contribution in [-0.4, -0.2) is 41.8 Å². The monoisotopic (exact) mass is 436 g/mol. The second kappa shape index (κ2) is 9.42. The lowest BCUT2D eigenvalue weighted by atomic mass is 9.98. The summed E-state index contributed by atoms with van der Waals surface area (Å²) in [5.41, 5.74) is 4.53. The van der Waals surface area contributed by atoms with Crippen LogP contribution in [-0.2, 0) is 14.3 Å². The first-order valence-corrected chi connectivity index (χ1v) is 11.1. The minimum absolute atomic E-state index is 0.0585. The van der Waals surface area contributed by atoms with E-state index in [4.69, 9.17) is 4.74 Å². The van der Waals surface area contributed by atoms with E-state index in [-0.39, 0.29) is 18.4 Å². The maximum absolute atomic E-state index is 12.6. The number of hydrogen-bond acceptors (Lipinski definition) is 4. The van der Waals surface area contributed by atoms with E-state index < -0.39 is 30.1 Å². The topological polar surface area (TPSA) is 105 Å². The minimum Gasteiger partial charge on any atom is -0.481 e. The van der Waals surface area contributed by atoms with Crippen molar-refractivity contribution in [1.29, 1.82) is 0 Å². The molecule has 4 rings (SSSR count). The lowest BCUT2D eigenvalue weighted by molar-refractivity contribution is -0.142. The predicted octanol–water partition coefficient (Wildman–Crippen LogP) is 3.67. The number of hydrogen-bond donors (Lipinski definition) is 3. The number of rotatable bonds is 7. The highest BCUT2D eigenvalue weighted by molar-refractivity contribution is 5.86. The molecule has 2 amide bonds. The number of ether oxygens (including phenoxy) is 1. The molecule has 0 radical (unpaired) electrons. The molecule has 2 aliphatic carbocycles. The van der Waals surface area contributed by atoms with Crippen molar-refractivity contribution in [2.45, 2.75) is 50.6 Å². The van der Waals surface area contributed by atoms with Crippen LogP contribution in [0.25, 0.3) is 11.1 Å². The van der Waals surface area contributed by atoms with Crippen LogP contribution in [0.5, 0.6) is 0 Å². The Morgan fingerprint density at radius 3 is 2.25 bits per heavy atom. The van der Waals surface area contributed by atoms with Crippen molar-refractivity contribution in [2.75, 3.05) is 6.61 Å². The van der Waals surface area contributed by atoms with Gasteiger partial charge in [0.1, 0.15) is 12.6 Å². The van der Waals surface area contributed by atoms with Crippen LogP contribution in [0.1, 0.15) is 49.7 Å². The molecule has 0 heterocycles. The second-order valence-corrected chi connectivity index (χ2v) is 8.42. The standard InChI is InChI=1S/C25H28N2O5/c1-2-21(23(28)26-22-13-7-12-19(22)24(29)30)27-25(31)32-14-20-17-10-5-3-8-15(17)16-9-4-6-11-18(16)20/h3-6,8-11,19-22H,2,7,12-14H2,1H3,(H,26,28)(H,27,31)(H,29,30)/t19-,21-,22+/m0/s1. The first-order chi connectivity index (χ1) is 15.5. The Labute approximate surface area is 187 Å². The zero-order chi connectivity index (χ0) is 22.7. The van der Waals surface area contributed by atoms with Crippen LogP contribution in [0.15, 0.2) is 48.5 Å². The average Bonchev–Trinajstić information content (AvgIpc) is 3.38. The van der Waals surface area contributed by atoms with E-state index in [9.17, 15) is 19.5 Å². The molecule has 0 unspecified atom stereocenters. The summed E-state index contributed by atoms with van der Waals surface area (Å²) in [5.74, 6) is -1.91. The first kappa shape index (κ1) is 21.9. The highest BCUT2D eigenvalue weighted by Gasteiger charge is 2.35. The Bertz CT molecular complexity index is 975. The van der Waals surface area contributed by atoms with Crippen molar-refractivity contribution in [3.8, 4) is 11.1 Å². The van der Waals surface area contributed by atoms with Crippen molar-refractivity contribution >= 4 is 18.0 Å². The largest absolute Gasteiger partial charge is 0.481 e. The van der Waals surface area contributed by atoms with Crippen LogP contribution in [0, 0.1) is 5.92 Å². The van der Waals surface area contributed by atoms with Crippen molar-refractivity contribution in [2.24, 2.45) is 5.92 Å². The lowest BCUT2D eigenvalue weighted by Gasteiger charge is -2.22. The van der Waals surface area contributed by atoms with E-state index in [0.717, 1.165) is 28.7 Å². The molecular formula is C25H28N2O5. The summed E-state index contributed by atoms with van der Waals surface area (Å²) in [6.07, 6.45) is 1.66. The molecule has 0 saturated heterocycles. The van der Waals surface area contributed by atoms with Gasteiger partial charge in [0.05, 0.1) is 5.92 Å². The highest BCUT2D eigenvalue weighted by Crippen LogP contribution is 2.44. The summed E-state index contributed by atoms with van der Waals surface area (Å²) in [6, 6.07) is 15.0. The summed E-state index contributed by atoms with van der Waals surface area (Å²) in [4.78, 5) is 36.5. The summed E-state index contributed by atoms with van der Waals surface area (Å²) in [5, 5.41) is 14.7. The number of nitrogens with one attached hydrogen (secondary N) is 2. The van der Waals surface area contributed by atoms with E-state index in [1.54, 1.807) is 6.92 Å². The van der Waals surface area contributed by atoms with Crippen LogP contribution in [0.3, 0.4) is 0 Å². The average molecular weight is 437 g/mol. The van der Waals surface area contributed by atoms with Gasteiger partial charge >= 0.3 is 12.1 Å². The summed E-state index contributed by atoms with van der Waals surface area (Å²) in [6.45, 7) is 1.96. The van der Waals surface area contributed by atoms with Gasteiger partial charge in [0.15, 0.2) is 0 Å². The smallest absolute Gasteiger partial charge is 0.407 e. The van der Waals surface area contributed by atoms with E-state index in [2.05, 4.69) is 22.8 Å².